The van der Waals surface area contributed by atoms with Gasteiger partial charge in [-0.3, -0.25) is 10.1 Å². The molecule has 0 radical (unpaired) electrons. The van der Waals surface area contributed by atoms with Gasteiger partial charge in [0, 0.05) is 29.1 Å². The van der Waals surface area contributed by atoms with Crippen LogP contribution in [-0.4, -0.2) is 24.1 Å². The van der Waals surface area contributed by atoms with Gasteiger partial charge in [0.15, 0.2) is 11.5 Å². The van der Waals surface area contributed by atoms with Crippen LogP contribution in [0.2, 0.25) is 0 Å². The second kappa shape index (κ2) is 6.20. The number of nitrogens with zero attached hydrogens (tertiary/aromatic N) is 2. The summed E-state index contributed by atoms with van der Waals surface area (Å²) in [5.74, 6) is 1.08. The SMILES string of the molecule is COc1cc([N+](=O)[O-])cc2c1OC1(Sc3ccccc3N1C)C(C(C)C)=C2. The highest BCUT2D eigenvalue weighted by molar-refractivity contribution is 8.01. The first-order valence-corrected chi connectivity index (χ1v) is 9.48. The fourth-order valence-electron chi connectivity index (χ4n) is 3.61. The number of non-ortho nitro benzene ring substituents is 1. The molecule has 7 heteroatoms. The molecule has 27 heavy (non-hydrogen) atoms. The van der Waals surface area contributed by atoms with Crippen molar-refractivity contribution in [3.63, 3.8) is 0 Å². The predicted molar refractivity (Wildman–Crippen MR) is 107 cm³/mol. The second-order valence-electron chi connectivity index (χ2n) is 6.89. The topological polar surface area (TPSA) is 64.8 Å². The lowest BCUT2D eigenvalue weighted by Crippen LogP contribution is -2.50. The molecular weight excluding hydrogens is 364 g/mol. The number of ether oxygens (including phenoxy) is 2. The number of fused-ring (bicyclic) bond motifs is 2. The van der Waals surface area contributed by atoms with Gasteiger partial charge >= 0.3 is 0 Å². The second-order valence-corrected chi connectivity index (χ2v) is 8.09. The van der Waals surface area contributed by atoms with Crippen molar-refractivity contribution in [2.75, 3.05) is 19.1 Å². The molecule has 1 spiro atoms. The van der Waals surface area contributed by atoms with Crippen molar-refractivity contribution in [1.82, 2.24) is 0 Å². The molecule has 2 aromatic rings. The van der Waals surface area contributed by atoms with Gasteiger partial charge < -0.3 is 14.4 Å². The van der Waals surface area contributed by atoms with Crippen molar-refractivity contribution < 1.29 is 14.4 Å². The maximum absolute atomic E-state index is 11.3. The van der Waals surface area contributed by atoms with E-state index in [4.69, 9.17) is 9.47 Å². The highest BCUT2D eigenvalue weighted by atomic mass is 32.2. The Balaban J connectivity index is 1.92. The minimum atomic E-state index is -0.742. The molecule has 0 bridgehead atoms. The molecule has 0 saturated heterocycles. The lowest BCUT2D eigenvalue weighted by atomic mass is 9.94. The Morgan fingerprint density at radius 3 is 2.67 bits per heavy atom. The average Bonchev–Trinajstić information content (AvgIpc) is 2.92. The van der Waals surface area contributed by atoms with E-state index in [1.807, 2.05) is 25.3 Å². The van der Waals surface area contributed by atoms with Crippen molar-refractivity contribution in [3.05, 3.63) is 57.6 Å². The van der Waals surface area contributed by atoms with Crippen LogP contribution in [0, 0.1) is 16.0 Å². The van der Waals surface area contributed by atoms with E-state index in [0.717, 1.165) is 16.2 Å². The summed E-state index contributed by atoms with van der Waals surface area (Å²) < 4.78 is 12.0. The van der Waals surface area contributed by atoms with Gasteiger partial charge in [-0.05, 0) is 35.9 Å². The summed E-state index contributed by atoms with van der Waals surface area (Å²) in [7, 11) is 3.51. The quantitative estimate of drug-likeness (QED) is 0.552. The van der Waals surface area contributed by atoms with Gasteiger partial charge in [0.2, 0.25) is 0 Å². The lowest BCUT2D eigenvalue weighted by Gasteiger charge is -2.43. The van der Waals surface area contributed by atoms with Gasteiger partial charge in [0.05, 0.1) is 23.8 Å². The van der Waals surface area contributed by atoms with Crippen LogP contribution in [0.1, 0.15) is 19.4 Å². The zero-order valence-corrected chi connectivity index (χ0v) is 16.4. The smallest absolute Gasteiger partial charge is 0.274 e. The van der Waals surface area contributed by atoms with Crippen LogP contribution >= 0.6 is 11.8 Å². The van der Waals surface area contributed by atoms with Gasteiger partial charge in [0.1, 0.15) is 0 Å². The zero-order chi connectivity index (χ0) is 19.3. The minimum absolute atomic E-state index is 0.0137. The zero-order valence-electron chi connectivity index (χ0n) is 15.6. The number of thioether (sulfide) groups is 1. The standard InChI is InChI=1S/C20H20N2O4S/c1-12(2)15-10-13-9-14(22(23)24)11-17(25-4)19(13)26-20(15)21(3)16-7-5-6-8-18(16)27-20/h5-12H,1-4H3. The van der Waals surface area contributed by atoms with Gasteiger partial charge in [-0.15, -0.1) is 0 Å². The Morgan fingerprint density at radius 2 is 2.04 bits per heavy atom. The minimum Gasteiger partial charge on any atom is -0.493 e. The number of para-hydroxylation sites is 1. The Bertz CT molecular complexity index is 972. The van der Waals surface area contributed by atoms with E-state index in [-0.39, 0.29) is 11.6 Å². The van der Waals surface area contributed by atoms with Crippen molar-refractivity contribution >= 4 is 29.2 Å². The van der Waals surface area contributed by atoms with E-state index < -0.39 is 9.98 Å². The van der Waals surface area contributed by atoms with Gasteiger partial charge in [-0.25, -0.2) is 0 Å². The summed E-state index contributed by atoms with van der Waals surface area (Å²) in [5, 5.41) is 10.6. The number of benzene rings is 2. The molecule has 0 aromatic heterocycles. The monoisotopic (exact) mass is 384 g/mol. The van der Waals surface area contributed by atoms with Crippen LogP contribution in [0.15, 0.2) is 46.9 Å². The van der Waals surface area contributed by atoms with Crippen molar-refractivity contribution in [1.29, 1.82) is 0 Å². The summed E-state index contributed by atoms with van der Waals surface area (Å²) >= 11 is 1.64. The van der Waals surface area contributed by atoms with Crippen LogP contribution in [0.5, 0.6) is 11.5 Å². The van der Waals surface area contributed by atoms with E-state index in [9.17, 15) is 10.1 Å². The fourth-order valence-corrected chi connectivity index (χ4v) is 5.14. The molecule has 0 fully saturated rings. The largest absolute Gasteiger partial charge is 0.493 e. The summed E-state index contributed by atoms with van der Waals surface area (Å²) in [6.45, 7) is 4.21. The number of rotatable bonds is 3. The normalized spacial score (nSPS) is 20.2. The molecule has 2 aliphatic rings. The third kappa shape index (κ3) is 2.56. The lowest BCUT2D eigenvalue weighted by molar-refractivity contribution is -0.385. The van der Waals surface area contributed by atoms with Crippen LogP contribution in [0.25, 0.3) is 6.08 Å². The molecule has 0 amide bonds. The molecule has 2 aromatic carbocycles. The predicted octanol–water partition coefficient (Wildman–Crippen LogP) is 4.93. The summed E-state index contributed by atoms with van der Waals surface area (Å²) in [4.78, 5) is 14.1. The Morgan fingerprint density at radius 1 is 1.30 bits per heavy atom. The third-order valence-corrected chi connectivity index (χ3v) is 6.39. The molecule has 4 rings (SSSR count). The Hall–Kier alpha value is -2.67. The number of hydrogen-bond acceptors (Lipinski definition) is 6. The van der Waals surface area contributed by atoms with E-state index in [1.165, 1.54) is 13.2 Å². The number of likely N-dealkylation sites (N-methyl/N-ethyl adjacent to an activating group) is 1. The molecule has 0 aliphatic carbocycles. The summed E-state index contributed by atoms with van der Waals surface area (Å²) in [6.07, 6.45) is 2.01. The third-order valence-electron chi connectivity index (χ3n) is 4.95. The highest BCUT2D eigenvalue weighted by Gasteiger charge is 2.51. The Labute approximate surface area is 161 Å². The number of nitro benzene ring substituents is 1. The summed E-state index contributed by atoms with van der Waals surface area (Å²) in [6, 6.07) is 11.1. The van der Waals surface area contributed by atoms with Crippen LogP contribution in [-0.2, 0) is 0 Å². The summed E-state index contributed by atoms with van der Waals surface area (Å²) in [5.41, 5.74) is 2.81. The maximum atomic E-state index is 11.3. The van der Waals surface area contributed by atoms with Gasteiger partial charge in [-0.1, -0.05) is 26.0 Å². The maximum Gasteiger partial charge on any atom is 0.274 e. The first-order valence-electron chi connectivity index (χ1n) is 8.66. The van der Waals surface area contributed by atoms with E-state index in [0.29, 0.717) is 17.1 Å². The average molecular weight is 384 g/mol. The fraction of sp³-hybridized carbons (Fsp3) is 0.300. The van der Waals surface area contributed by atoms with E-state index >= 15 is 0 Å². The molecule has 1 atom stereocenters. The molecule has 2 heterocycles. The number of hydrogen-bond donors (Lipinski definition) is 0. The molecular formula is C20H20N2O4S. The Kier molecular flexibility index (Phi) is 4.07. The molecule has 2 aliphatic heterocycles. The van der Waals surface area contributed by atoms with Gasteiger partial charge in [-0.2, -0.15) is 0 Å². The first kappa shape index (κ1) is 17.7. The van der Waals surface area contributed by atoms with Crippen LogP contribution in [0.3, 0.4) is 0 Å². The number of methoxy groups -OCH3 is 1. The van der Waals surface area contributed by atoms with Gasteiger partial charge in [0.25, 0.3) is 10.7 Å². The van der Waals surface area contributed by atoms with Crippen molar-refractivity contribution in [3.8, 4) is 11.5 Å². The van der Waals surface area contributed by atoms with E-state index in [2.05, 4.69) is 30.9 Å². The van der Waals surface area contributed by atoms with Crippen molar-refractivity contribution in [2.45, 2.75) is 23.8 Å². The van der Waals surface area contributed by atoms with E-state index in [1.54, 1.807) is 17.8 Å². The molecule has 6 nitrogen and oxygen atoms in total. The first-order chi connectivity index (χ1) is 12.9. The number of nitro groups is 1. The molecule has 1 unspecified atom stereocenters. The van der Waals surface area contributed by atoms with Crippen LogP contribution in [0.4, 0.5) is 11.4 Å². The van der Waals surface area contributed by atoms with Crippen molar-refractivity contribution in [2.24, 2.45) is 5.92 Å². The molecule has 0 N–H and O–H groups in total. The number of anilines is 1. The molecule has 140 valence electrons. The molecule has 0 saturated carbocycles. The van der Waals surface area contributed by atoms with Crippen LogP contribution < -0.4 is 14.4 Å². The highest BCUT2D eigenvalue weighted by Crippen LogP contribution is 2.58.